The van der Waals surface area contributed by atoms with Gasteiger partial charge in [-0.1, -0.05) is 297 Å². The molecule has 0 bridgehead atoms. The topological polar surface area (TPSA) is 237 Å². The van der Waals surface area contributed by atoms with Crippen molar-refractivity contribution in [2.45, 2.75) is 369 Å². The Morgan fingerprint density at radius 1 is 0.355 bits per heavy atom. The number of allylic oxidation sites excluding steroid dienone is 4. The van der Waals surface area contributed by atoms with Gasteiger partial charge in [-0.25, -0.2) is 9.13 Å². The molecule has 0 heterocycles. The van der Waals surface area contributed by atoms with E-state index in [2.05, 4.69) is 72.8 Å². The van der Waals surface area contributed by atoms with Gasteiger partial charge in [0.2, 0.25) is 0 Å². The lowest BCUT2D eigenvalue weighted by Crippen LogP contribution is -2.30. The molecule has 6 atom stereocenters. The average Bonchev–Trinajstić information content (AvgIpc) is 1.89. The number of carbonyl (C=O) groups is 4. The van der Waals surface area contributed by atoms with E-state index < -0.39 is 97.5 Å². The number of phosphoric ester groups is 2. The van der Waals surface area contributed by atoms with Crippen molar-refractivity contribution < 1.29 is 80.2 Å². The zero-order chi connectivity index (χ0) is 68.7. The number of carbonyl (C=O) groups excluding carboxylic acids is 4. The van der Waals surface area contributed by atoms with Crippen molar-refractivity contribution in [1.82, 2.24) is 0 Å². The van der Waals surface area contributed by atoms with E-state index in [9.17, 15) is 43.2 Å². The summed E-state index contributed by atoms with van der Waals surface area (Å²) in [5.74, 6) is 0.110. The molecule has 0 saturated heterocycles. The third kappa shape index (κ3) is 66.6. The minimum Gasteiger partial charge on any atom is -0.462 e. The van der Waals surface area contributed by atoms with Crippen molar-refractivity contribution in [2.75, 3.05) is 39.6 Å². The Kier molecular flexibility index (Phi) is 62.5. The number of phosphoric acid groups is 2. The molecule has 0 spiro atoms. The Morgan fingerprint density at radius 2 is 0.634 bits per heavy atom. The van der Waals surface area contributed by atoms with Gasteiger partial charge >= 0.3 is 39.5 Å². The first kappa shape index (κ1) is 90.5. The quantitative estimate of drug-likeness (QED) is 0.0169. The number of unbranched alkanes of at least 4 members (excludes halogenated alkanes) is 34. The maximum Gasteiger partial charge on any atom is 0.472 e. The fourth-order valence-electron chi connectivity index (χ4n) is 10.7. The van der Waals surface area contributed by atoms with E-state index in [1.165, 1.54) is 141 Å². The number of esters is 4. The van der Waals surface area contributed by atoms with Crippen LogP contribution in [0.15, 0.2) is 24.3 Å². The highest BCUT2D eigenvalue weighted by molar-refractivity contribution is 7.47. The molecule has 19 heteroatoms. The van der Waals surface area contributed by atoms with Crippen LogP contribution in [0, 0.1) is 17.8 Å². The van der Waals surface area contributed by atoms with Crippen molar-refractivity contribution in [3.05, 3.63) is 24.3 Å². The van der Waals surface area contributed by atoms with Crippen LogP contribution in [0.1, 0.15) is 350 Å². The van der Waals surface area contributed by atoms with Gasteiger partial charge in [-0.05, 0) is 69.1 Å². The molecule has 548 valence electrons. The standard InChI is InChI=1S/C74H140O17P2/c1-8-10-11-12-13-14-15-16-17-20-23-26-35-43-50-57-74(79)91-70(62-85-72(77)56-49-42-37-30-32-39-46-53-66(5)6)64-89-93(82,83)87-60-68(75)59-86-92(80,81)88-63-69(61-84-71(76)55-48-41-34-29-28-33-40-47-54-67(7)9-2)90-73(78)58-51-44-36-27-24-21-18-19-22-25-31-38-45-52-65(3)4/h14-17,65-70,75H,8-13,18-64H2,1-7H3,(H,80,81)(H,82,83)/b15-14-,17-16-/t67?,68?,69-,70-/m1/s1. The third-order valence-corrected chi connectivity index (χ3v) is 18.8. The molecule has 17 nitrogen and oxygen atoms in total. The lowest BCUT2D eigenvalue weighted by Gasteiger charge is -2.21. The zero-order valence-corrected chi connectivity index (χ0v) is 62.0. The second kappa shape index (κ2) is 64.2. The van der Waals surface area contributed by atoms with Gasteiger partial charge in [0.25, 0.3) is 0 Å². The van der Waals surface area contributed by atoms with Crippen LogP contribution in [0.5, 0.6) is 0 Å². The highest BCUT2D eigenvalue weighted by Crippen LogP contribution is 2.45. The van der Waals surface area contributed by atoms with E-state index in [1.54, 1.807) is 0 Å². The molecular weight excluding hydrogens is 1220 g/mol. The largest absolute Gasteiger partial charge is 0.472 e. The van der Waals surface area contributed by atoms with E-state index in [1.807, 2.05) is 0 Å². The molecule has 3 N–H and O–H groups in total. The predicted octanol–water partition coefficient (Wildman–Crippen LogP) is 21.0. The highest BCUT2D eigenvalue weighted by Gasteiger charge is 2.30. The summed E-state index contributed by atoms with van der Waals surface area (Å²) in [7, 11) is -9.92. The molecule has 0 aromatic rings. The normalized spacial score (nSPS) is 14.6. The van der Waals surface area contributed by atoms with E-state index in [4.69, 9.17) is 37.0 Å². The van der Waals surface area contributed by atoms with E-state index in [0.717, 1.165) is 121 Å². The molecule has 0 saturated carbocycles. The van der Waals surface area contributed by atoms with Gasteiger partial charge in [0.1, 0.15) is 19.3 Å². The summed E-state index contributed by atoms with van der Waals surface area (Å²) in [6.07, 6.45) is 52.1. The van der Waals surface area contributed by atoms with Crippen molar-refractivity contribution in [3.8, 4) is 0 Å². The molecule has 0 rings (SSSR count). The zero-order valence-electron chi connectivity index (χ0n) is 60.2. The molecular formula is C74H140O17P2. The Hall–Kier alpha value is -2.46. The van der Waals surface area contributed by atoms with E-state index >= 15 is 0 Å². The van der Waals surface area contributed by atoms with Gasteiger partial charge in [0, 0.05) is 25.7 Å². The first-order chi connectivity index (χ1) is 44.8. The molecule has 0 amide bonds. The summed E-state index contributed by atoms with van der Waals surface area (Å²) >= 11 is 0. The van der Waals surface area contributed by atoms with Crippen LogP contribution in [0.25, 0.3) is 0 Å². The smallest absolute Gasteiger partial charge is 0.462 e. The molecule has 93 heavy (non-hydrogen) atoms. The lowest BCUT2D eigenvalue weighted by molar-refractivity contribution is -0.161. The molecule has 0 aliphatic carbocycles. The summed E-state index contributed by atoms with van der Waals surface area (Å²) in [5.41, 5.74) is 0. The van der Waals surface area contributed by atoms with Crippen molar-refractivity contribution in [3.63, 3.8) is 0 Å². The lowest BCUT2D eigenvalue weighted by atomic mass is 9.99. The maximum absolute atomic E-state index is 13.1. The van der Waals surface area contributed by atoms with Gasteiger partial charge in [-0.2, -0.15) is 0 Å². The number of ether oxygens (including phenoxy) is 4. The van der Waals surface area contributed by atoms with Crippen LogP contribution in [-0.2, 0) is 65.4 Å². The molecule has 0 fully saturated rings. The molecule has 0 aromatic carbocycles. The van der Waals surface area contributed by atoms with Gasteiger partial charge in [0.15, 0.2) is 12.2 Å². The fourth-order valence-corrected chi connectivity index (χ4v) is 12.3. The maximum atomic E-state index is 13.1. The SMILES string of the molecule is CCCCCC/C=C\C=C/CCCCCCCC(=O)O[C@H](COC(=O)CCCCCCCCCC(C)C)COP(=O)(O)OCC(O)COP(=O)(O)OC[C@@H](COC(=O)CCCCCCCCCCC(C)CC)OC(=O)CCCCCCCCCCCCCCCC(C)C. The first-order valence-corrected chi connectivity index (χ1v) is 40.7. The summed E-state index contributed by atoms with van der Waals surface area (Å²) in [5, 5.41) is 10.6. The Bertz CT molecular complexity index is 1910. The summed E-state index contributed by atoms with van der Waals surface area (Å²) in [4.78, 5) is 72.7. The number of hydrogen-bond acceptors (Lipinski definition) is 15. The summed E-state index contributed by atoms with van der Waals surface area (Å²) < 4.78 is 68.4. The Balaban J connectivity index is 5.29. The van der Waals surface area contributed by atoms with Gasteiger partial charge < -0.3 is 33.8 Å². The molecule has 0 radical (unpaired) electrons. The van der Waals surface area contributed by atoms with Crippen LogP contribution in [0.2, 0.25) is 0 Å². The number of rotatable bonds is 70. The molecule has 0 aliphatic heterocycles. The Morgan fingerprint density at radius 3 is 0.957 bits per heavy atom. The minimum absolute atomic E-state index is 0.0839. The number of hydrogen-bond donors (Lipinski definition) is 3. The molecule has 0 aromatic heterocycles. The fraction of sp³-hybridized carbons (Fsp3) is 0.892. The van der Waals surface area contributed by atoms with Crippen molar-refractivity contribution in [1.29, 1.82) is 0 Å². The average molecular weight is 1360 g/mol. The van der Waals surface area contributed by atoms with Crippen LogP contribution in [-0.4, -0.2) is 96.7 Å². The minimum atomic E-state index is -4.96. The van der Waals surface area contributed by atoms with Gasteiger partial charge in [-0.3, -0.25) is 37.3 Å². The van der Waals surface area contributed by atoms with Crippen LogP contribution < -0.4 is 0 Å². The van der Waals surface area contributed by atoms with Gasteiger partial charge in [-0.15, -0.1) is 0 Å². The second-order valence-corrected chi connectivity index (χ2v) is 30.1. The number of aliphatic hydroxyl groups excluding tert-OH is 1. The summed E-state index contributed by atoms with van der Waals surface area (Å²) in [6, 6.07) is 0. The number of aliphatic hydroxyl groups is 1. The van der Waals surface area contributed by atoms with Crippen LogP contribution >= 0.6 is 15.6 Å². The van der Waals surface area contributed by atoms with Crippen LogP contribution in [0.3, 0.4) is 0 Å². The van der Waals surface area contributed by atoms with Crippen LogP contribution in [0.4, 0.5) is 0 Å². The van der Waals surface area contributed by atoms with Gasteiger partial charge in [0.05, 0.1) is 26.4 Å². The molecule has 4 unspecified atom stereocenters. The molecule has 0 aliphatic rings. The monoisotopic (exact) mass is 1360 g/mol. The van der Waals surface area contributed by atoms with Crippen molar-refractivity contribution in [2.24, 2.45) is 17.8 Å². The van der Waals surface area contributed by atoms with E-state index in [0.29, 0.717) is 31.6 Å². The first-order valence-electron chi connectivity index (χ1n) is 37.7. The van der Waals surface area contributed by atoms with E-state index in [-0.39, 0.29) is 25.7 Å². The highest BCUT2D eigenvalue weighted by atomic mass is 31.2. The Labute approximate surface area is 567 Å². The predicted molar refractivity (Wildman–Crippen MR) is 377 cm³/mol. The summed E-state index contributed by atoms with van der Waals surface area (Å²) in [6.45, 7) is 11.8. The second-order valence-electron chi connectivity index (χ2n) is 27.2. The third-order valence-electron chi connectivity index (χ3n) is 16.9. The van der Waals surface area contributed by atoms with Crippen molar-refractivity contribution >= 4 is 39.5 Å².